The first-order valence-electron chi connectivity index (χ1n) is 11.0. The second-order valence-corrected chi connectivity index (χ2v) is 8.32. The first-order valence-corrected chi connectivity index (χ1v) is 11.0. The van der Waals surface area contributed by atoms with E-state index in [1.165, 1.54) is 12.1 Å². The fourth-order valence-corrected chi connectivity index (χ4v) is 3.92. The van der Waals surface area contributed by atoms with Gasteiger partial charge in [0.05, 0.1) is 13.2 Å². The minimum atomic E-state index is -1.66. The molecule has 1 aliphatic heterocycles. The van der Waals surface area contributed by atoms with Crippen molar-refractivity contribution in [1.82, 2.24) is 0 Å². The molecule has 0 amide bonds. The molecule has 1 fully saturated rings. The highest BCUT2D eigenvalue weighted by Gasteiger charge is 2.24. The van der Waals surface area contributed by atoms with Gasteiger partial charge in [0, 0.05) is 17.0 Å². The van der Waals surface area contributed by atoms with Gasteiger partial charge in [-0.1, -0.05) is 25.5 Å². The smallest absolute Gasteiger partial charge is 0.194 e. The highest BCUT2D eigenvalue weighted by Crippen LogP contribution is 2.34. The van der Waals surface area contributed by atoms with Crippen LogP contribution in [0.1, 0.15) is 37.2 Å². The van der Waals surface area contributed by atoms with Crippen LogP contribution >= 0.6 is 0 Å². The first kappa shape index (κ1) is 25.1. The lowest BCUT2D eigenvalue weighted by Crippen LogP contribution is -2.27. The number of rotatable bonds is 7. The third-order valence-electron chi connectivity index (χ3n) is 5.66. The van der Waals surface area contributed by atoms with Crippen LogP contribution in [0, 0.1) is 40.8 Å². The molecule has 0 bridgehead atoms. The van der Waals surface area contributed by atoms with Gasteiger partial charge in [-0.2, -0.15) is 0 Å². The average molecular weight is 496 g/mol. The molecular weight excluding hydrogens is 474 g/mol. The molecular formula is C26H22F6O3. The SMILES string of the molecule is CCC[C@H]1CO[C@H](c2ccc(-c3cc(F)c(OCc4cc(F)c(F)c(F)c4)c(F)c3)c(F)c2)OC1. The van der Waals surface area contributed by atoms with Crippen molar-refractivity contribution in [2.45, 2.75) is 32.7 Å². The molecule has 1 saturated heterocycles. The minimum Gasteiger partial charge on any atom is -0.483 e. The standard InChI is InChI=1S/C26H22F6O3/c1-2-3-14-11-34-26(35-12-14)16-4-5-18(19(27)8-16)17-9-22(30)25(23(31)10-17)33-13-15-6-20(28)24(32)21(29)7-15/h4-10,14,26H,2-3,11-13H2,1H3/t14-,26-. The molecule has 0 atom stereocenters. The van der Waals surface area contributed by atoms with Crippen LogP contribution in [0.4, 0.5) is 26.3 Å². The number of hydrogen-bond donors (Lipinski definition) is 0. The van der Waals surface area contributed by atoms with Crippen molar-refractivity contribution in [2.75, 3.05) is 13.2 Å². The summed E-state index contributed by atoms with van der Waals surface area (Å²) in [6, 6.07) is 7.19. The predicted molar refractivity (Wildman–Crippen MR) is 115 cm³/mol. The van der Waals surface area contributed by atoms with Gasteiger partial charge in [0.25, 0.3) is 0 Å². The average Bonchev–Trinajstić information content (AvgIpc) is 2.82. The van der Waals surface area contributed by atoms with Crippen LogP contribution in [0.15, 0.2) is 42.5 Å². The van der Waals surface area contributed by atoms with Gasteiger partial charge in [-0.15, -0.1) is 0 Å². The van der Waals surface area contributed by atoms with Gasteiger partial charge in [-0.05, 0) is 47.9 Å². The lowest BCUT2D eigenvalue weighted by Gasteiger charge is -2.29. The molecule has 0 saturated carbocycles. The van der Waals surface area contributed by atoms with E-state index in [-0.39, 0.29) is 22.6 Å². The van der Waals surface area contributed by atoms with Gasteiger partial charge in [0.15, 0.2) is 41.1 Å². The van der Waals surface area contributed by atoms with Gasteiger partial charge in [0.1, 0.15) is 12.4 Å². The Labute approximate surface area is 198 Å². The van der Waals surface area contributed by atoms with E-state index < -0.39 is 53.5 Å². The molecule has 4 rings (SSSR count). The van der Waals surface area contributed by atoms with E-state index in [1.807, 2.05) is 0 Å². The normalized spacial score (nSPS) is 18.0. The molecule has 0 aromatic heterocycles. The summed E-state index contributed by atoms with van der Waals surface area (Å²) in [4.78, 5) is 0. The lowest BCUT2D eigenvalue weighted by molar-refractivity contribution is -0.206. The number of benzene rings is 3. The van der Waals surface area contributed by atoms with Gasteiger partial charge in [-0.3, -0.25) is 0 Å². The molecule has 3 aromatic rings. The van der Waals surface area contributed by atoms with E-state index in [9.17, 15) is 26.3 Å². The van der Waals surface area contributed by atoms with Gasteiger partial charge in [-0.25, -0.2) is 26.3 Å². The third-order valence-corrected chi connectivity index (χ3v) is 5.66. The summed E-state index contributed by atoms with van der Waals surface area (Å²) in [6.45, 7) is 2.44. The topological polar surface area (TPSA) is 27.7 Å². The van der Waals surface area contributed by atoms with Crippen LogP contribution in [-0.2, 0) is 16.1 Å². The summed E-state index contributed by atoms with van der Waals surface area (Å²) < 4.78 is 100. The maximum Gasteiger partial charge on any atom is 0.194 e. The fraction of sp³-hybridized carbons (Fsp3) is 0.308. The van der Waals surface area contributed by atoms with Crippen molar-refractivity contribution >= 4 is 0 Å². The van der Waals surface area contributed by atoms with E-state index in [0.29, 0.717) is 30.9 Å². The Balaban J connectivity index is 1.49. The molecule has 9 heteroatoms. The molecule has 3 nitrogen and oxygen atoms in total. The Morgan fingerprint density at radius 3 is 2.00 bits per heavy atom. The molecule has 0 unspecified atom stereocenters. The molecule has 0 aliphatic carbocycles. The molecule has 1 aliphatic rings. The first-order chi connectivity index (χ1) is 16.8. The highest BCUT2D eigenvalue weighted by atomic mass is 19.2. The van der Waals surface area contributed by atoms with Crippen molar-refractivity contribution in [3.05, 3.63) is 88.5 Å². The van der Waals surface area contributed by atoms with E-state index >= 15 is 0 Å². The highest BCUT2D eigenvalue weighted by molar-refractivity contribution is 5.66. The van der Waals surface area contributed by atoms with Crippen LogP contribution in [0.25, 0.3) is 11.1 Å². The van der Waals surface area contributed by atoms with E-state index in [1.54, 1.807) is 6.07 Å². The Morgan fingerprint density at radius 2 is 1.43 bits per heavy atom. The third kappa shape index (κ3) is 5.62. The lowest BCUT2D eigenvalue weighted by atomic mass is 10.0. The summed E-state index contributed by atoms with van der Waals surface area (Å²) in [5.41, 5.74) is 0.143. The molecule has 0 N–H and O–H groups in total. The van der Waals surface area contributed by atoms with Crippen LogP contribution < -0.4 is 4.74 Å². The van der Waals surface area contributed by atoms with Crippen molar-refractivity contribution in [3.63, 3.8) is 0 Å². The van der Waals surface area contributed by atoms with Crippen molar-refractivity contribution < 1.29 is 40.6 Å². The zero-order chi connectivity index (χ0) is 25.1. The molecule has 35 heavy (non-hydrogen) atoms. The van der Waals surface area contributed by atoms with Crippen molar-refractivity contribution in [2.24, 2.45) is 5.92 Å². The molecule has 186 valence electrons. The fourth-order valence-electron chi connectivity index (χ4n) is 3.92. The van der Waals surface area contributed by atoms with Crippen LogP contribution in [0.2, 0.25) is 0 Å². The molecule has 1 heterocycles. The Kier molecular flexibility index (Phi) is 7.66. The summed E-state index contributed by atoms with van der Waals surface area (Å²) in [5.74, 6) is -8.12. The second kappa shape index (κ2) is 10.7. The second-order valence-electron chi connectivity index (χ2n) is 8.32. The number of halogens is 6. The van der Waals surface area contributed by atoms with Crippen molar-refractivity contribution in [3.8, 4) is 16.9 Å². The summed E-state index contributed by atoms with van der Waals surface area (Å²) in [7, 11) is 0. The Morgan fingerprint density at radius 1 is 0.800 bits per heavy atom. The monoisotopic (exact) mass is 496 g/mol. The van der Waals surface area contributed by atoms with E-state index in [2.05, 4.69) is 6.92 Å². The minimum absolute atomic E-state index is 0.0551. The molecule has 0 radical (unpaired) electrons. The van der Waals surface area contributed by atoms with Crippen LogP contribution in [0.5, 0.6) is 5.75 Å². The van der Waals surface area contributed by atoms with Crippen molar-refractivity contribution in [1.29, 1.82) is 0 Å². The molecule has 3 aromatic carbocycles. The van der Waals surface area contributed by atoms with E-state index in [0.717, 1.165) is 25.0 Å². The van der Waals surface area contributed by atoms with Gasteiger partial charge < -0.3 is 14.2 Å². The zero-order valence-electron chi connectivity index (χ0n) is 18.7. The van der Waals surface area contributed by atoms with Gasteiger partial charge >= 0.3 is 0 Å². The number of ether oxygens (including phenoxy) is 3. The maximum atomic E-state index is 14.8. The summed E-state index contributed by atoms with van der Waals surface area (Å²) in [6.07, 6.45) is 1.25. The zero-order valence-corrected chi connectivity index (χ0v) is 18.7. The Hall–Kier alpha value is -3.04. The Bertz CT molecular complexity index is 1160. The van der Waals surface area contributed by atoms with E-state index in [4.69, 9.17) is 14.2 Å². The maximum absolute atomic E-state index is 14.8. The molecule has 0 spiro atoms. The quantitative estimate of drug-likeness (QED) is 0.255. The largest absolute Gasteiger partial charge is 0.483 e. The summed E-state index contributed by atoms with van der Waals surface area (Å²) >= 11 is 0. The predicted octanol–water partition coefficient (Wildman–Crippen LogP) is 7.23. The van der Waals surface area contributed by atoms with Crippen LogP contribution in [-0.4, -0.2) is 13.2 Å². The number of hydrogen-bond acceptors (Lipinski definition) is 3. The summed E-state index contributed by atoms with van der Waals surface area (Å²) in [5, 5.41) is 0. The van der Waals surface area contributed by atoms with Crippen LogP contribution in [0.3, 0.4) is 0 Å². The van der Waals surface area contributed by atoms with Gasteiger partial charge in [0.2, 0.25) is 0 Å².